The van der Waals surface area contributed by atoms with Crippen molar-refractivity contribution in [1.82, 2.24) is 4.57 Å². The monoisotopic (exact) mass is 346 g/mol. The molecule has 1 unspecified atom stereocenters. The summed E-state index contributed by atoms with van der Waals surface area (Å²) in [5.74, 6) is 0.0434. The zero-order valence-corrected chi connectivity index (χ0v) is 15.3. The number of pyridine rings is 1. The summed E-state index contributed by atoms with van der Waals surface area (Å²) in [6.07, 6.45) is 10.6. The first-order valence-corrected chi connectivity index (χ1v) is 9.68. The molecule has 5 nitrogen and oxygen atoms in total. The number of carbonyl (C=O) groups excluding carboxylic acids is 1. The molecule has 1 aliphatic heterocycles. The minimum atomic E-state index is 0.0434. The Kier molecular flexibility index (Phi) is 6.82. The number of rotatable bonds is 6. The van der Waals surface area contributed by atoms with E-state index < -0.39 is 0 Å². The number of hydrogen-bond donors (Lipinski definition) is 0. The number of hydrogen-bond acceptors (Lipinski definition) is 4. The van der Waals surface area contributed by atoms with E-state index in [0.29, 0.717) is 25.7 Å². The molecule has 0 spiro atoms. The van der Waals surface area contributed by atoms with Gasteiger partial charge in [0.15, 0.2) is 0 Å². The van der Waals surface area contributed by atoms with Gasteiger partial charge >= 0.3 is 0 Å². The third kappa shape index (κ3) is 5.51. The normalized spacial score (nSPS) is 22.4. The van der Waals surface area contributed by atoms with Crippen LogP contribution in [0.2, 0.25) is 0 Å². The lowest BCUT2D eigenvalue weighted by Gasteiger charge is -2.18. The summed E-state index contributed by atoms with van der Waals surface area (Å²) in [5, 5.41) is 0. The molecule has 0 aromatic carbocycles. The van der Waals surface area contributed by atoms with Gasteiger partial charge in [0, 0.05) is 12.8 Å². The molecular weight excluding hydrogens is 316 g/mol. The minimum Gasteiger partial charge on any atom is -0.378 e. The van der Waals surface area contributed by atoms with Gasteiger partial charge in [0.25, 0.3) is 0 Å². The zero-order chi connectivity index (χ0) is 17.5. The molecule has 1 saturated heterocycles. The highest BCUT2D eigenvalue weighted by Gasteiger charge is 2.16. The standard InChI is InChI=1S/C20H30N2O3/c1-16-9-11-22(19(14-16)21-17-6-3-2-4-7-17)20(23)10-13-24-15-18-8-5-12-25-18/h9,11,14,17-18H,2-8,10,12-13,15H2,1H3. The maximum absolute atomic E-state index is 12.6. The average molecular weight is 346 g/mol. The third-order valence-electron chi connectivity index (χ3n) is 5.04. The molecule has 3 rings (SSSR count). The van der Waals surface area contributed by atoms with Crippen LogP contribution in [0.5, 0.6) is 0 Å². The molecule has 2 fully saturated rings. The maximum Gasteiger partial charge on any atom is 0.234 e. The van der Waals surface area contributed by atoms with E-state index in [1.807, 2.05) is 25.3 Å². The molecule has 2 heterocycles. The predicted molar refractivity (Wildman–Crippen MR) is 96.6 cm³/mol. The SMILES string of the molecule is Cc1ccn(C(=O)CCOCC2CCCO2)c(=NC2CCCCC2)c1. The van der Waals surface area contributed by atoms with Crippen LogP contribution in [0, 0.1) is 6.92 Å². The Balaban J connectivity index is 1.59. The summed E-state index contributed by atoms with van der Waals surface area (Å²) in [7, 11) is 0. The van der Waals surface area contributed by atoms with Crippen molar-refractivity contribution in [1.29, 1.82) is 0 Å². The number of aryl methyl sites for hydroxylation is 1. The second-order valence-electron chi connectivity index (χ2n) is 7.21. The van der Waals surface area contributed by atoms with Gasteiger partial charge in [-0.15, -0.1) is 0 Å². The molecule has 25 heavy (non-hydrogen) atoms. The van der Waals surface area contributed by atoms with Crippen LogP contribution in [0.15, 0.2) is 23.3 Å². The molecule has 1 aromatic heterocycles. The van der Waals surface area contributed by atoms with Crippen molar-refractivity contribution in [3.8, 4) is 0 Å². The Hall–Kier alpha value is -1.46. The lowest BCUT2D eigenvalue weighted by molar-refractivity contribution is 0.0160. The second-order valence-corrected chi connectivity index (χ2v) is 7.21. The first-order chi connectivity index (χ1) is 12.2. The summed E-state index contributed by atoms with van der Waals surface area (Å²) < 4.78 is 12.9. The lowest BCUT2D eigenvalue weighted by Crippen LogP contribution is -2.30. The van der Waals surface area contributed by atoms with Crippen LogP contribution in [-0.4, -0.2) is 42.4 Å². The molecule has 0 N–H and O–H groups in total. The van der Waals surface area contributed by atoms with Crippen molar-refractivity contribution in [3.63, 3.8) is 0 Å². The van der Waals surface area contributed by atoms with E-state index in [4.69, 9.17) is 14.5 Å². The van der Waals surface area contributed by atoms with Crippen LogP contribution in [-0.2, 0) is 9.47 Å². The lowest BCUT2D eigenvalue weighted by atomic mass is 9.96. The Morgan fingerprint density at radius 3 is 2.88 bits per heavy atom. The van der Waals surface area contributed by atoms with E-state index >= 15 is 0 Å². The van der Waals surface area contributed by atoms with Crippen LogP contribution < -0.4 is 5.49 Å². The van der Waals surface area contributed by atoms with E-state index in [9.17, 15) is 4.79 Å². The van der Waals surface area contributed by atoms with Crippen LogP contribution in [0.3, 0.4) is 0 Å². The highest BCUT2D eigenvalue weighted by atomic mass is 16.5. The van der Waals surface area contributed by atoms with Gasteiger partial charge < -0.3 is 9.47 Å². The van der Waals surface area contributed by atoms with Gasteiger partial charge in [-0.3, -0.25) is 14.4 Å². The third-order valence-corrected chi connectivity index (χ3v) is 5.04. The van der Waals surface area contributed by atoms with Gasteiger partial charge in [-0.25, -0.2) is 0 Å². The molecule has 0 radical (unpaired) electrons. The molecule has 1 aliphatic carbocycles. The van der Waals surface area contributed by atoms with Crippen molar-refractivity contribution in [2.75, 3.05) is 19.8 Å². The number of carbonyl (C=O) groups is 1. The summed E-state index contributed by atoms with van der Waals surface area (Å²) in [6, 6.07) is 4.33. The van der Waals surface area contributed by atoms with Crippen LogP contribution in [0.4, 0.5) is 0 Å². The van der Waals surface area contributed by atoms with Crippen LogP contribution >= 0.6 is 0 Å². The second kappa shape index (κ2) is 9.30. The first-order valence-electron chi connectivity index (χ1n) is 9.68. The first kappa shape index (κ1) is 18.3. The Morgan fingerprint density at radius 1 is 1.28 bits per heavy atom. The van der Waals surface area contributed by atoms with Gasteiger partial charge in [-0.1, -0.05) is 19.3 Å². The Bertz CT molecular complexity index is 626. The van der Waals surface area contributed by atoms with Gasteiger partial charge in [-0.05, 0) is 50.3 Å². The number of aromatic nitrogens is 1. The highest BCUT2D eigenvalue weighted by molar-refractivity contribution is 5.78. The van der Waals surface area contributed by atoms with Crippen molar-refractivity contribution in [3.05, 3.63) is 29.4 Å². The van der Waals surface area contributed by atoms with E-state index in [0.717, 1.165) is 43.3 Å². The van der Waals surface area contributed by atoms with E-state index in [1.165, 1.54) is 19.3 Å². The molecule has 0 bridgehead atoms. The molecule has 2 aliphatic rings. The number of ether oxygens (including phenoxy) is 2. The van der Waals surface area contributed by atoms with Crippen molar-refractivity contribution < 1.29 is 14.3 Å². The molecular formula is C20H30N2O3. The average Bonchev–Trinajstić information content (AvgIpc) is 3.13. The van der Waals surface area contributed by atoms with Crippen molar-refractivity contribution in [2.24, 2.45) is 4.99 Å². The van der Waals surface area contributed by atoms with E-state index in [-0.39, 0.29) is 12.0 Å². The predicted octanol–water partition coefficient (Wildman–Crippen LogP) is 3.26. The van der Waals surface area contributed by atoms with Crippen molar-refractivity contribution >= 4 is 5.91 Å². The largest absolute Gasteiger partial charge is 0.378 e. The van der Waals surface area contributed by atoms with Gasteiger partial charge in [0.05, 0.1) is 31.8 Å². The van der Waals surface area contributed by atoms with Gasteiger partial charge in [0.2, 0.25) is 5.91 Å². The quantitative estimate of drug-likeness (QED) is 0.743. The fourth-order valence-corrected chi connectivity index (χ4v) is 3.57. The maximum atomic E-state index is 12.6. The van der Waals surface area contributed by atoms with Crippen LogP contribution in [0.25, 0.3) is 0 Å². The van der Waals surface area contributed by atoms with E-state index in [1.54, 1.807) is 4.57 Å². The summed E-state index contributed by atoms with van der Waals surface area (Å²) >= 11 is 0. The Morgan fingerprint density at radius 2 is 2.12 bits per heavy atom. The fraction of sp³-hybridized carbons (Fsp3) is 0.700. The smallest absolute Gasteiger partial charge is 0.234 e. The molecule has 1 aromatic rings. The topological polar surface area (TPSA) is 52.8 Å². The molecule has 5 heteroatoms. The fourth-order valence-electron chi connectivity index (χ4n) is 3.57. The highest BCUT2D eigenvalue weighted by Crippen LogP contribution is 2.19. The van der Waals surface area contributed by atoms with Gasteiger partial charge in [0.1, 0.15) is 5.49 Å². The summed E-state index contributed by atoms with van der Waals surface area (Å²) in [6.45, 7) is 3.89. The van der Waals surface area contributed by atoms with Gasteiger partial charge in [-0.2, -0.15) is 0 Å². The summed E-state index contributed by atoms with van der Waals surface area (Å²) in [5.41, 5.74) is 1.92. The number of nitrogens with zero attached hydrogens (tertiary/aromatic N) is 2. The van der Waals surface area contributed by atoms with Crippen molar-refractivity contribution in [2.45, 2.75) is 70.4 Å². The minimum absolute atomic E-state index is 0.0434. The van der Waals surface area contributed by atoms with Crippen LogP contribution in [0.1, 0.15) is 61.7 Å². The Labute approximate surface area is 150 Å². The zero-order valence-electron chi connectivity index (χ0n) is 15.3. The molecule has 138 valence electrons. The molecule has 0 amide bonds. The van der Waals surface area contributed by atoms with E-state index in [2.05, 4.69) is 0 Å². The molecule has 1 saturated carbocycles. The molecule has 1 atom stereocenters. The summed E-state index contributed by atoms with van der Waals surface area (Å²) in [4.78, 5) is 17.5.